The molecule has 4 heteroatoms. The van der Waals surface area contributed by atoms with Crippen molar-refractivity contribution in [1.29, 1.82) is 0 Å². The van der Waals surface area contributed by atoms with Gasteiger partial charge in [-0.1, -0.05) is 18.2 Å². The van der Waals surface area contributed by atoms with Gasteiger partial charge in [0.15, 0.2) is 0 Å². The minimum absolute atomic E-state index is 0. The van der Waals surface area contributed by atoms with Crippen molar-refractivity contribution in [3.05, 3.63) is 35.9 Å². The van der Waals surface area contributed by atoms with E-state index in [1.54, 1.807) is 19.2 Å². The van der Waals surface area contributed by atoms with Crippen molar-refractivity contribution in [2.24, 2.45) is 0 Å². The Balaban J connectivity index is 0. The normalized spacial score (nSPS) is 9.50. The van der Waals surface area contributed by atoms with Crippen molar-refractivity contribution in [2.75, 3.05) is 7.11 Å². The van der Waals surface area contributed by atoms with Gasteiger partial charge in [0, 0.05) is 11.6 Å². The Kier molecular flexibility index (Phi) is 6.28. The van der Waals surface area contributed by atoms with Gasteiger partial charge in [-0.25, -0.2) is 4.79 Å². The predicted molar refractivity (Wildman–Crippen MR) is 50.8 cm³/mol. The number of rotatable bonds is 3. The van der Waals surface area contributed by atoms with Crippen molar-refractivity contribution in [1.82, 2.24) is 0 Å². The number of aliphatic carboxylic acids is 1. The summed E-state index contributed by atoms with van der Waals surface area (Å²) in [4.78, 5) is 10.2. The van der Waals surface area contributed by atoms with E-state index in [0.29, 0.717) is 5.75 Å². The number of benzene rings is 1. The van der Waals surface area contributed by atoms with E-state index in [1.807, 2.05) is 12.1 Å². The maximum absolute atomic E-state index is 10.2. The molecule has 14 heavy (non-hydrogen) atoms. The molecule has 3 nitrogen and oxygen atoms in total. The Hall–Kier alpha value is -0.770. The van der Waals surface area contributed by atoms with Crippen LogP contribution in [0.1, 0.15) is 6.99 Å². The first-order chi connectivity index (χ1) is 6.24. The third-order valence-corrected chi connectivity index (χ3v) is 1.54. The summed E-state index contributed by atoms with van der Waals surface area (Å²) in [6.07, 6.45) is 2.58. The van der Waals surface area contributed by atoms with Crippen LogP contribution in [0.2, 0.25) is 0 Å². The van der Waals surface area contributed by atoms with Crippen LogP contribution in [0.4, 0.5) is 0 Å². The topological polar surface area (TPSA) is 46.5 Å². The van der Waals surface area contributed by atoms with Gasteiger partial charge in [0.25, 0.3) is 0 Å². The molecule has 0 aliphatic heterocycles. The van der Waals surface area contributed by atoms with E-state index in [1.165, 1.54) is 6.08 Å². The van der Waals surface area contributed by atoms with Crippen molar-refractivity contribution in [2.45, 2.75) is 0 Å². The largest absolute Gasteiger partial charge is 1.00 e. The number of carbonyl (C=O) groups is 1. The van der Waals surface area contributed by atoms with Gasteiger partial charge in [-0.3, -0.25) is 0 Å². The smallest absolute Gasteiger partial charge is 1.00 e. The SMILES string of the molecule is COc1ccccc1/C=C/C(=O)O.[H-].[Na+]. The number of carboxylic acids is 1. The van der Waals surface area contributed by atoms with Crippen molar-refractivity contribution in [3.63, 3.8) is 0 Å². The Bertz CT molecular complexity index is 339. The first-order valence-electron chi connectivity index (χ1n) is 3.78. The third kappa shape index (κ3) is 3.96. The van der Waals surface area contributed by atoms with Crippen LogP contribution in [0.3, 0.4) is 0 Å². The summed E-state index contributed by atoms with van der Waals surface area (Å²) < 4.78 is 5.03. The van der Waals surface area contributed by atoms with Gasteiger partial charge in [-0.15, -0.1) is 0 Å². The summed E-state index contributed by atoms with van der Waals surface area (Å²) in [7, 11) is 1.55. The van der Waals surface area contributed by atoms with Crippen LogP contribution >= 0.6 is 0 Å². The molecule has 0 spiro atoms. The molecule has 0 radical (unpaired) electrons. The maximum atomic E-state index is 10.2. The maximum Gasteiger partial charge on any atom is 1.00 e. The molecule has 0 fully saturated rings. The number of hydrogen-bond acceptors (Lipinski definition) is 2. The fourth-order valence-electron chi connectivity index (χ4n) is 0.965. The second-order valence-corrected chi connectivity index (χ2v) is 2.41. The van der Waals surface area contributed by atoms with Gasteiger partial charge < -0.3 is 11.3 Å². The van der Waals surface area contributed by atoms with Gasteiger partial charge in [0.2, 0.25) is 0 Å². The van der Waals surface area contributed by atoms with Crippen LogP contribution in [0.25, 0.3) is 6.08 Å². The summed E-state index contributed by atoms with van der Waals surface area (Å²) >= 11 is 0. The van der Waals surface area contributed by atoms with Crippen molar-refractivity contribution in [3.8, 4) is 5.75 Å². The standard InChI is InChI=1S/C10H10O3.Na.H/c1-13-9-5-3-2-4-8(9)6-7-10(11)12;;/h2-7H,1H3,(H,11,12);;/q;+1;-1/b7-6+;;. The monoisotopic (exact) mass is 202 g/mol. The Morgan fingerprint density at radius 3 is 2.71 bits per heavy atom. The molecule has 0 atom stereocenters. The van der Waals surface area contributed by atoms with Crippen LogP contribution in [-0.4, -0.2) is 18.2 Å². The zero-order valence-corrected chi connectivity index (χ0v) is 10.2. The average Bonchev–Trinajstić information content (AvgIpc) is 2.15. The number of hydrogen-bond donors (Lipinski definition) is 1. The first-order valence-corrected chi connectivity index (χ1v) is 3.78. The summed E-state index contributed by atoms with van der Waals surface area (Å²) in [5.74, 6) is -0.300. The molecule has 0 aliphatic carbocycles. The zero-order valence-electron chi connectivity index (χ0n) is 9.23. The summed E-state index contributed by atoms with van der Waals surface area (Å²) in [5.41, 5.74) is 0.757. The molecule has 0 saturated carbocycles. The van der Waals surface area contributed by atoms with Crippen LogP contribution < -0.4 is 34.3 Å². The molecule has 0 heterocycles. The van der Waals surface area contributed by atoms with E-state index in [4.69, 9.17) is 9.84 Å². The van der Waals surface area contributed by atoms with E-state index >= 15 is 0 Å². The van der Waals surface area contributed by atoms with Crippen LogP contribution in [0, 0.1) is 0 Å². The minimum Gasteiger partial charge on any atom is -1.00 e. The molecule has 1 aromatic rings. The molecule has 0 unspecified atom stereocenters. The van der Waals surface area contributed by atoms with Gasteiger partial charge in [0.1, 0.15) is 5.75 Å². The Morgan fingerprint density at radius 1 is 1.50 bits per heavy atom. The zero-order chi connectivity index (χ0) is 9.68. The van der Waals surface area contributed by atoms with Gasteiger partial charge >= 0.3 is 35.5 Å². The van der Waals surface area contributed by atoms with Crippen LogP contribution in [0.5, 0.6) is 5.75 Å². The van der Waals surface area contributed by atoms with E-state index in [9.17, 15) is 4.79 Å². The second kappa shape index (κ2) is 6.65. The molecule has 0 aromatic heterocycles. The van der Waals surface area contributed by atoms with Gasteiger partial charge in [-0.2, -0.15) is 0 Å². The first kappa shape index (κ1) is 13.2. The quantitative estimate of drug-likeness (QED) is 0.500. The number of carboxylic acid groups (broad SMARTS) is 1. The molecule has 1 rings (SSSR count). The number of para-hydroxylation sites is 1. The third-order valence-electron chi connectivity index (χ3n) is 1.54. The molecule has 1 N–H and O–H groups in total. The molecule has 0 bridgehead atoms. The van der Waals surface area contributed by atoms with E-state index < -0.39 is 5.97 Å². The van der Waals surface area contributed by atoms with E-state index in [0.717, 1.165) is 11.6 Å². The summed E-state index contributed by atoms with van der Waals surface area (Å²) in [6.45, 7) is 0. The molecule has 0 aliphatic rings. The van der Waals surface area contributed by atoms with E-state index in [-0.39, 0.29) is 31.0 Å². The fraction of sp³-hybridized carbons (Fsp3) is 0.100. The van der Waals surface area contributed by atoms with Crippen LogP contribution in [0.15, 0.2) is 30.3 Å². The Morgan fingerprint density at radius 2 is 2.14 bits per heavy atom. The Labute approximate surface area is 106 Å². The molecule has 0 saturated heterocycles. The van der Waals surface area contributed by atoms with Gasteiger partial charge in [0.05, 0.1) is 7.11 Å². The fourth-order valence-corrected chi connectivity index (χ4v) is 0.965. The number of ether oxygens (including phenoxy) is 1. The van der Waals surface area contributed by atoms with E-state index in [2.05, 4.69) is 0 Å². The molecule has 0 amide bonds. The van der Waals surface area contributed by atoms with Crippen molar-refractivity contribution < 1.29 is 45.6 Å². The average molecular weight is 202 g/mol. The predicted octanol–water partition coefficient (Wildman–Crippen LogP) is -1.09. The summed E-state index contributed by atoms with van der Waals surface area (Å²) in [5, 5.41) is 8.41. The second-order valence-electron chi connectivity index (χ2n) is 2.41. The van der Waals surface area contributed by atoms with Gasteiger partial charge in [-0.05, 0) is 12.1 Å². The van der Waals surface area contributed by atoms with Crippen molar-refractivity contribution >= 4 is 12.0 Å². The molecular weight excluding hydrogens is 191 g/mol. The number of methoxy groups -OCH3 is 1. The molecule has 1 aromatic carbocycles. The summed E-state index contributed by atoms with van der Waals surface area (Å²) in [6, 6.07) is 7.22. The molecular formula is C10H11NaO3. The van der Waals surface area contributed by atoms with Crippen LogP contribution in [-0.2, 0) is 4.79 Å². The minimum atomic E-state index is -0.967. The molecule has 70 valence electrons.